The minimum Gasteiger partial charge on any atom is -0.197 e. The van der Waals surface area contributed by atoms with Gasteiger partial charge in [0, 0.05) is 0 Å². The Kier molecular flexibility index (Phi) is 9.98. The highest BCUT2D eigenvalue weighted by Crippen LogP contribution is 2.83. The van der Waals surface area contributed by atoms with Crippen LogP contribution in [0.4, 0.5) is 0 Å². The first kappa shape index (κ1) is 38.1. The predicted octanol–water partition coefficient (Wildman–Crippen LogP) is 8.84. The van der Waals surface area contributed by atoms with E-state index in [1.54, 1.807) is 0 Å². The quantitative estimate of drug-likeness (QED) is 0.102. The number of rotatable bonds is 9. The second-order valence-electron chi connectivity index (χ2n) is 16.9. The number of benzene rings is 6. The lowest BCUT2D eigenvalue weighted by molar-refractivity contribution is -0.778. The minimum absolute atomic E-state index is 0.0941. The molecule has 1 fully saturated rings. The van der Waals surface area contributed by atoms with Crippen LogP contribution in [-0.4, -0.2) is 5.16 Å². The van der Waals surface area contributed by atoms with Crippen LogP contribution in [0, 0.1) is 41.5 Å². The first-order valence-electron chi connectivity index (χ1n) is 20.0. The Bertz CT molecular complexity index is 2220. The zero-order valence-corrected chi connectivity index (χ0v) is 36.2. The van der Waals surface area contributed by atoms with Crippen molar-refractivity contribution in [3.63, 3.8) is 0 Å². The average Bonchev–Trinajstić information content (AvgIpc) is 3.18. The number of aromatic nitrogens is 2. The van der Waals surface area contributed by atoms with E-state index in [4.69, 9.17) is 0 Å². The molecule has 7 aromatic rings. The van der Waals surface area contributed by atoms with Crippen LogP contribution in [0.1, 0.15) is 53.1 Å². The molecule has 0 unspecified atom stereocenters. The Balaban J connectivity index is 1.50. The lowest BCUT2D eigenvalue weighted by Gasteiger charge is -2.56. The molecular formula is C52H56N2P2+4. The van der Waals surface area contributed by atoms with E-state index in [9.17, 15) is 0 Å². The Hall–Kier alpha value is -4.74. The zero-order valence-electron chi connectivity index (χ0n) is 34.4. The van der Waals surface area contributed by atoms with Crippen molar-refractivity contribution in [2.75, 3.05) is 0 Å². The average molecular weight is 771 g/mol. The van der Waals surface area contributed by atoms with Crippen LogP contribution < -0.4 is 41.0 Å². The molecule has 4 heteroatoms. The summed E-state index contributed by atoms with van der Waals surface area (Å²) in [4.78, 5) is 0. The van der Waals surface area contributed by atoms with Crippen molar-refractivity contribution in [1.82, 2.24) is 0 Å². The van der Waals surface area contributed by atoms with Crippen molar-refractivity contribution in [3.05, 3.63) is 204 Å². The molecule has 0 spiro atoms. The van der Waals surface area contributed by atoms with Crippen LogP contribution in [0.15, 0.2) is 170 Å². The third-order valence-electron chi connectivity index (χ3n) is 12.7. The molecule has 0 atom stereocenters. The normalized spacial score (nSPS) is 18.4. The SMILES string of the molecule is Cc1ccc([P+](c2ccc(C)cc2)(c2ccc(C)cc2)C2(C)CC([n+]3cc[n+](C)cc3)([P+](c3ccc(C)cc3)(c3ccc(C)cc3)c3ccc(C)cc3)C2)cc1. The van der Waals surface area contributed by atoms with Crippen LogP contribution in [-0.2, 0) is 12.3 Å². The summed E-state index contributed by atoms with van der Waals surface area (Å²) in [5.74, 6) is 0. The topological polar surface area (TPSA) is 7.76 Å². The molecular weight excluding hydrogens is 715 g/mol. The molecule has 1 aliphatic carbocycles. The maximum atomic E-state index is 2.65. The lowest BCUT2D eigenvalue weighted by atomic mass is 9.79. The molecule has 1 saturated carbocycles. The summed E-state index contributed by atoms with van der Waals surface area (Å²) in [5, 5.41) is 8.31. The fourth-order valence-corrected chi connectivity index (χ4v) is 21.5. The molecule has 1 aromatic heterocycles. The fraction of sp³-hybridized carbons (Fsp3) is 0.231. The molecule has 1 heterocycles. The molecule has 0 amide bonds. The van der Waals surface area contributed by atoms with E-state index in [0.717, 1.165) is 12.8 Å². The van der Waals surface area contributed by atoms with Gasteiger partial charge in [0.1, 0.15) is 51.3 Å². The Morgan fingerprint density at radius 2 is 0.589 bits per heavy atom. The van der Waals surface area contributed by atoms with E-state index in [2.05, 4.69) is 235 Å². The van der Waals surface area contributed by atoms with Crippen molar-refractivity contribution in [1.29, 1.82) is 0 Å². The smallest absolute Gasteiger partial charge is 0.197 e. The highest BCUT2D eigenvalue weighted by atomic mass is 31.2. The van der Waals surface area contributed by atoms with E-state index >= 15 is 0 Å². The molecule has 56 heavy (non-hydrogen) atoms. The van der Waals surface area contributed by atoms with Gasteiger partial charge in [0.25, 0.3) is 5.28 Å². The maximum absolute atomic E-state index is 2.65. The molecule has 280 valence electrons. The van der Waals surface area contributed by atoms with Crippen molar-refractivity contribution in [3.8, 4) is 0 Å². The number of hydrogen-bond acceptors (Lipinski definition) is 0. The Labute approximate surface area is 336 Å². The van der Waals surface area contributed by atoms with Gasteiger partial charge in [-0.3, -0.25) is 0 Å². The summed E-state index contributed by atoms with van der Waals surface area (Å²) in [6.07, 6.45) is 11.2. The van der Waals surface area contributed by atoms with Gasteiger partial charge in [-0.25, -0.2) is 0 Å². The molecule has 6 aromatic carbocycles. The summed E-state index contributed by atoms with van der Waals surface area (Å²) in [6, 6.07) is 57.7. The highest BCUT2D eigenvalue weighted by Gasteiger charge is 2.84. The molecule has 0 saturated heterocycles. The van der Waals surface area contributed by atoms with Gasteiger partial charge >= 0.3 is 0 Å². The van der Waals surface area contributed by atoms with Gasteiger partial charge in [-0.1, -0.05) is 106 Å². The van der Waals surface area contributed by atoms with Crippen molar-refractivity contribution in [2.45, 2.75) is 71.7 Å². The van der Waals surface area contributed by atoms with Gasteiger partial charge in [0.05, 0.1) is 12.8 Å². The summed E-state index contributed by atoms with van der Waals surface area (Å²) < 4.78 is 4.82. The third-order valence-corrected chi connectivity index (χ3v) is 22.9. The summed E-state index contributed by atoms with van der Waals surface area (Å²) in [7, 11) is -2.64. The molecule has 0 bridgehead atoms. The third kappa shape index (κ3) is 6.09. The summed E-state index contributed by atoms with van der Waals surface area (Å²) >= 11 is 0. The van der Waals surface area contributed by atoms with Crippen molar-refractivity contribution >= 4 is 46.4 Å². The standard InChI is InChI=1S/C52H56N2P2/c1-39-9-21-45(22-10-39)55(46-23-11-40(2)12-24-46,47-25-13-41(3)14-26-47)51(7)37-52(38-51,54-35-33-53(8)34-36-54)56(48-27-15-42(4)16-28-48,49-29-17-43(5)18-30-49)50-31-19-44(6)20-32-50/h9-36H,37-38H2,1-8H3/q+4. The number of nitrogens with zero attached hydrogens (tertiary/aromatic N) is 2. The molecule has 0 aliphatic heterocycles. The van der Waals surface area contributed by atoms with Crippen molar-refractivity contribution < 1.29 is 9.13 Å². The van der Waals surface area contributed by atoms with E-state index in [1.807, 2.05) is 0 Å². The highest BCUT2D eigenvalue weighted by molar-refractivity contribution is 7.98. The van der Waals surface area contributed by atoms with Gasteiger partial charge < -0.3 is 0 Å². The largest absolute Gasteiger partial charge is 0.287 e. The predicted molar refractivity (Wildman–Crippen MR) is 242 cm³/mol. The van der Waals surface area contributed by atoms with Crippen LogP contribution in [0.2, 0.25) is 0 Å². The van der Waals surface area contributed by atoms with Gasteiger partial charge in [-0.05, 0) is 121 Å². The second-order valence-corrected chi connectivity index (χ2v) is 24.6. The first-order valence-corrected chi connectivity index (χ1v) is 23.6. The molecule has 0 N–H and O–H groups in total. The monoisotopic (exact) mass is 770 g/mol. The molecule has 1 aliphatic rings. The zero-order chi connectivity index (χ0) is 39.3. The minimum atomic E-state index is -2.46. The van der Waals surface area contributed by atoms with Crippen LogP contribution in [0.25, 0.3) is 0 Å². The fourth-order valence-electron chi connectivity index (χ4n) is 9.89. The van der Waals surface area contributed by atoms with E-state index in [0.29, 0.717) is 0 Å². The number of hydrogen-bond donors (Lipinski definition) is 0. The van der Waals surface area contributed by atoms with Crippen LogP contribution in [0.5, 0.6) is 0 Å². The summed E-state index contributed by atoms with van der Waals surface area (Å²) in [5.41, 5.74) is 7.74. The van der Waals surface area contributed by atoms with Crippen LogP contribution in [0.3, 0.4) is 0 Å². The summed E-state index contributed by atoms with van der Waals surface area (Å²) in [6.45, 7) is 15.9. The van der Waals surface area contributed by atoms with Crippen LogP contribution >= 0.6 is 14.5 Å². The second kappa shape index (κ2) is 14.6. The Morgan fingerprint density at radius 3 is 0.839 bits per heavy atom. The first-order chi connectivity index (χ1) is 26.9. The van der Waals surface area contributed by atoms with Gasteiger partial charge in [-0.15, -0.1) is 0 Å². The van der Waals surface area contributed by atoms with Crippen molar-refractivity contribution in [2.24, 2.45) is 7.05 Å². The van der Waals surface area contributed by atoms with Gasteiger partial charge in [-0.2, -0.15) is 9.13 Å². The van der Waals surface area contributed by atoms with E-state index in [-0.39, 0.29) is 10.4 Å². The maximum Gasteiger partial charge on any atom is 0.287 e. The van der Waals surface area contributed by atoms with E-state index < -0.39 is 14.5 Å². The number of aryl methyl sites for hydroxylation is 7. The Morgan fingerprint density at radius 1 is 0.357 bits per heavy atom. The van der Waals surface area contributed by atoms with Gasteiger partial charge in [0.15, 0.2) is 7.26 Å². The lowest BCUT2D eigenvalue weighted by Crippen LogP contribution is -2.74. The van der Waals surface area contributed by atoms with Gasteiger partial charge in [0.2, 0.25) is 24.8 Å². The molecule has 2 nitrogen and oxygen atoms in total. The van der Waals surface area contributed by atoms with E-state index in [1.165, 1.54) is 65.2 Å². The molecule has 0 radical (unpaired) electrons. The molecule has 8 rings (SSSR count).